The molecule has 1 aliphatic carbocycles. The summed E-state index contributed by atoms with van der Waals surface area (Å²) < 4.78 is 0. The first-order chi connectivity index (χ1) is 7.28. The number of Topliss-reactive ketones (excluding diaryl/α,β-unsaturated/α-hetero) is 1. The average Bonchev–Trinajstić information content (AvgIpc) is 2.20. The molecule has 5 nitrogen and oxygen atoms in total. The van der Waals surface area contributed by atoms with Gasteiger partial charge in [0.05, 0.1) is 5.57 Å². The van der Waals surface area contributed by atoms with Gasteiger partial charge in [0.25, 0.3) is 0 Å². The van der Waals surface area contributed by atoms with Crippen LogP contribution in [0.25, 0.3) is 0 Å². The van der Waals surface area contributed by atoms with Crippen LogP contribution in [0.4, 0.5) is 0 Å². The van der Waals surface area contributed by atoms with E-state index in [1.54, 1.807) is 0 Å². The fourth-order valence-electron chi connectivity index (χ4n) is 1.49. The van der Waals surface area contributed by atoms with E-state index in [0.29, 0.717) is 0 Å². The van der Waals surface area contributed by atoms with Gasteiger partial charge in [-0.05, 0) is 31.1 Å². The second kappa shape index (κ2) is 3.94. The second-order valence-electron chi connectivity index (χ2n) is 3.81. The molecule has 1 unspecified atom stereocenters. The maximum Gasteiger partial charge on any atom is 0.339 e. The molecular weight excluding hydrogens is 210 g/mol. The molecule has 0 aromatic carbocycles. The number of carbonyl (C=O) groups excluding carboxylic acids is 1. The number of aliphatic hydroxyl groups excluding tert-OH is 1. The molecule has 1 rings (SSSR count). The lowest BCUT2D eigenvalue weighted by molar-refractivity contribution is -0.132. The molecule has 4 N–H and O–H groups in total. The lowest BCUT2D eigenvalue weighted by atomic mass is 9.82. The number of hydrogen-bond donors (Lipinski definition) is 3. The van der Waals surface area contributed by atoms with Gasteiger partial charge in [0, 0.05) is 0 Å². The number of carboxylic acids is 1. The Kier molecular flexibility index (Phi) is 3.00. The van der Waals surface area contributed by atoms with E-state index in [1.807, 2.05) is 0 Å². The highest BCUT2D eigenvalue weighted by molar-refractivity contribution is 6.05. The van der Waals surface area contributed by atoms with Crippen LogP contribution in [0.1, 0.15) is 13.3 Å². The minimum absolute atomic E-state index is 0.0569. The van der Waals surface area contributed by atoms with E-state index < -0.39 is 17.3 Å². The third kappa shape index (κ3) is 2.04. The second-order valence-corrected chi connectivity index (χ2v) is 3.81. The zero-order valence-corrected chi connectivity index (χ0v) is 8.86. The Morgan fingerprint density at radius 3 is 2.56 bits per heavy atom. The Balaban J connectivity index is 3.17. The van der Waals surface area contributed by atoms with Crippen LogP contribution >= 0.6 is 0 Å². The van der Waals surface area contributed by atoms with Gasteiger partial charge in [-0.15, -0.1) is 0 Å². The third-order valence-corrected chi connectivity index (χ3v) is 2.35. The van der Waals surface area contributed by atoms with Crippen LogP contribution in [0.5, 0.6) is 0 Å². The van der Waals surface area contributed by atoms with E-state index in [2.05, 4.69) is 6.58 Å². The Bertz CT molecular complexity index is 433. The molecule has 1 aliphatic rings. The van der Waals surface area contributed by atoms with E-state index >= 15 is 0 Å². The molecule has 86 valence electrons. The zero-order valence-electron chi connectivity index (χ0n) is 8.86. The van der Waals surface area contributed by atoms with Crippen LogP contribution in [-0.4, -0.2) is 27.5 Å². The first-order valence-electron chi connectivity index (χ1n) is 4.63. The van der Waals surface area contributed by atoms with Crippen molar-refractivity contribution < 1.29 is 19.8 Å². The highest BCUT2D eigenvalue weighted by Gasteiger charge is 2.36. The maximum absolute atomic E-state index is 11.7. The highest BCUT2D eigenvalue weighted by atomic mass is 16.4. The minimum Gasteiger partial charge on any atom is -0.507 e. The summed E-state index contributed by atoms with van der Waals surface area (Å²) in [5.74, 6) is -2.13. The third-order valence-electron chi connectivity index (χ3n) is 2.35. The van der Waals surface area contributed by atoms with Crippen molar-refractivity contribution >= 4 is 11.8 Å². The zero-order chi connectivity index (χ0) is 12.5. The Hall–Kier alpha value is -1.88. The quantitative estimate of drug-likeness (QED) is 0.611. The molecule has 1 atom stereocenters. The Morgan fingerprint density at radius 1 is 1.56 bits per heavy atom. The molecule has 0 heterocycles. The van der Waals surface area contributed by atoms with Crippen molar-refractivity contribution in [2.24, 2.45) is 5.73 Å². The van der Waals surface area contributed by atoms with Gasteiger partial charge in [-0.3, -0.25) is 4.79 Å². The summed E-state index contributed by atoms with van der Waals surface area (Å²) in [6, 6.07) is 0. The number of aliphatic hydroxyl groups is 1. The Morgan fingerprint density at radius 2 is 2.12 bits per heavy atom. The summed E-state index contributed by atoms with van der Waals surface area (Å²) in [5, 5.41) is 18.1. The number of rotatable bonds is 3. The van der Waals surface area contributed by atoms with Gasteiger partial charge in [-0.25, -0.2) is 4.79 Å². The van der Waals surface area contributed by atoms with Crippen molar-refractivity contribution in [3.63, 3.8) is 0 Å². The number of aliphatic carboxylic acids is 1. The molecule has 0 aromatic rings. The standard InChI is InChI=1S/C11H13NO4/c1-6(2)9(14)11(12)4-3-8(13)7(5-11)10(15)16/h3,5,13H,1,4,12H2,2H3,(H,15,16). The van der Waals surface area contributed by atoms with Gasteiger partial charge in [-0.1, -0.05) is 6.58 Å². The molecular formula is C11H13NO4. The molecule has 0 radical (unpaired) electrons. The van der Waals surface area contributed by atoms with E-state index in [9.17, 15) is 14.7 Å². The molecule has 0 aliphatic heterocycles. The fourth-order valence-corrected chi connectivity index (χ4v) is 1.49. The number of carbonyl (C=O) groups is 2. The summed E-state index contributed by atoms with van der Waals surface area (Å²) in [6.45, 7) is 4.98. The number of nitrogens with two attached hydrogens (primary N) is 1. The first kappa shape index (κ1) is 12.2. The van der Waals surface area contributed by atoms with Gasteiger partial charge in [0.2, 0.25) is 0 Å². The lowest BCUT2D eigenvalue weighted by Gasteiger charge is -2.27. The lowest BCUT2D eigenvalue weighted by Crippen LogP contribution is -2.48. The number of carboxylic acid groups (broad SMARTS) is 1. The molecule has 0 saturated carbocycles. The summed E-state index contributed by atoms with van der Waals surface area (Å²) in [6.07, 6.45) is 2.35. The fraction of sp³-hybridized carbons (Fsp3) is 0.273. The summed E-state index contributed by atoms with van der Waals surface area (Å²) in [4.78, 5) is 22.5. The topological polar surface area (TPSA) is 101 Å². The van der Waals surface area contributed by atoms with Crippen LogP contribution in [0.15, 0.2) is 35.6 Å². The van der Waals surface area contributed by atoms with Crippen LogP contribution in [0, 0.1) is 0 Å². The van der Waals surface area contributed by atoms with Crippen LogP contribution in [-0.2, 0) is 9.59 Å². The Labute approximate surface area is 92.6 Å². The molecule has 0 amide bonds. The minimum atomic E-state index is -1.42. The first-order valence-corrected chi connectivity index (χ1v) is 4.63. The van der Waals surface area contributed by atoms with Crippen molar-refractivity contribution in [1.82, 2.24) is 0 Å². The summed E-state index contributed by atoms with van der Waals surface area (Å²) in [5.41, 5.74) is 4.25. The molecule has 5 heteroatoms. The average molecular weight is 223 g/mol. The van der Waals surface area contributed by atoms with E-state index in [0.717, 1.165) is 6.08 Å². The highest BCUT2D eigenvalue weighted by Crippen LogP contribution is 2.25. The normalized spacial score (nSPS) is 24.4. The van der Waals surface area contributed by atoms with Crippen molar-refractivity contribution in [2.45, 2.75) is 18.9 Å². The maximum atomic E-state index is 11.7. The van der Waals surface area contributed by atoms with Crippen LogP contribution < -0.4 is 5.73 Å². The predicted octanol–water partition coefficient (Wildman–Crippen LogP) is 0.686. The molecule has 0 bridgehead atoms. The SMILES string of the molecule is C=C(C)C(=O)C1(N)C=C(C(=O)O)C(O)=CC1. The van der Waals surface area contributed by atoms with Crippen molar-refractivity contribution in [2.75, 3.05) is 0 Å². The number of ketones is 1. The van der Waals surface area contributed by atoms with Crippen molar-refractivity contribution in [3.05, 3.63) is 35.6 Å². The van der Waals surface area contributed by atoms with Crippen LogP contribution in [0.3, 0.4) is 0 Å². The van der Waals surface area contributed by atoms with Crippen molar-refractivity contribution in [3.8, 4) is 0 Å². The monoisotopic (exact) mass is 223 g/mol. The summed E-state index contributed by atoms with van der Waals surface area (Å²) >= 11 is 0. The van der Waals surface area contributed by atoms with Gasteiger partial charge in [0.1, 0.15) is 11.3 Å². The van der Waals surface area contributed by atoms with Gasteiger partial charge >= 0.3 is 5.97 Å². The molecule has 0 fully saturated rings. The van der Waals surface area contributed by atoms with E-state index in [1.165, 1.54) is 13.0 Å². The molecule has 0 spiro atoms. The van der Waals surface area contributed by atoms with Crippen molar-refractivity contribution in [1.29, 1.82) is 0 Å². The van der Waals surface area contributed by atoms with E-state index in [4.69, 9.17) is 10.8 Å². The molecule has 0 aromatic heterocycles. The van der Waals surface area contributed by atoms with Crippen LogP contribution in [0.2, 0.25) is 0 Å². The van der Waals surface area contributed by atoms with Gasteiger partial charge < -0.3 is 15.9 Å². The molecule has 0 saturated heterocycles. The molecule has 16 heavy (non-hydrogen) atoms. The van der Waals surface area contributed by atoms with Gasteiger partial charge in [-0.2, -0.15) is 0 Å². The van der Waals surface area contributed by atoms with Gasteiger partial charge in [0.15, 0.2) is 5.78 Å². The largest absolute Gasteiger partial charge is 0.507 e. The van der Waals surface area contributed by atoms with E-state index in [-0.39, 0.29) is 23.3 Å². The summed E-state index contributed by atoms with van der Waals surface area (Å²) in [7, 11) is 0. The smallest absolute Gasteiger partial charge is 0.339 e. The predicted molar refractivity (Wildman–Crippen MR) is 57.8 cm³/mol. The number of hydrogen-bond acceptors (Lipinski definition) is 4.